The smallest absolute Gasteiger partial charge is 0.123 e. The van der Waals surface area contributed by atoms with Gasteiger partial charge in [0.25, 0.3) is 0 Å². The summed E-state index contributed by atoms with van der Waals surface area (Å²) in [7, 11) is 0. The zero-order valence-electron chi connectivity index (χ0n) is 12.6. The van der Waals surface area contributed by atoms with Gasteiger partial charge in [0.2, 0.25) is 0 Å². The molecule has 4 aromatic rings. The molecule has 2 aromatic carbocycles. The molecule has 5 heteroatoms. The molecule has 2 aromatic heterocycles. The Balaban J connectivity index is 1.78. The van der Waals surface area contributed by atoms with Crippen molar-refractivity contribution in [2.75, 3.05) is 0 Å². The zero-order chi connectivity index (χ0) is 15.8. The number of aromatic nitrogens is 4. The van der Waals surface area contributed by atoms with Gasteiger partial charge in [0.1, 0.15) is 11.5 Å². The molecule has 0 aliphatic carbocycles. The summed E-state index contributed by atoms with van der Waals surface area (Å²) in [5.41, 5.74) is 3.91. The SMILES string of the molecule is CCn1cc(-c2ccc3c(ccn3-c3ccc(F)cc3)c2)nn1. The molecule has 4 nitrogen and oxygen atoms in total. The van der Waals surface area contributed by atoms with Gasteiger partial charge in [0, 0.05) is 29.4 Å². The van der Waals surface area contributed by atoms with Gasteiger partial charge in [-0.25, -0.2) is 4.39 Å². The molecule has 0 unspecified atom stereocenters. The standard InChI is InChI=1S/C18H15FN4/c1-2-22-12-17(20-21-22)13-3-8-18-14(11-13)9-10-23(18)16-6-4-15(19)5-7-16/h3-12H,2H2,1H3. The van der Waals surface area contributed by atoms with Crippen molar-refractivity contribution in [1.82, 2.24) is 19.6 Å². The van der Waals surface area contributed by atoms with E-state index in [0.717, 1.165) is 34.4 Å². The molecule has 0 bridgehead atoms. The Morgan fingerprint density at radius 3 is 2.61 bits per heavy atom. The van der Waals surface area contributed by atoms with E-state index in [1.165, 1.54) is 12.1 Å². The minimum atomic E-state index is -0.230. The lowest BCUT2D eigenvalue weighted by Gasteiger charge is -2.06. The molecule has 114 valence electrons. The number of aryl methyl sites for hydroxylation is 1. The first kappa shape index (κ1) is 13.7. The van der Waals surface area contributed by atoms with Crippen LogP contribution >= 0.6 is 0 Å². The Morgan fingerprint density at radius 1 is 1.04 bits per heavy atom. The lowest BCUT2D eigenvalue weighted by atomic mass is 10.1. The fourth-order valence-corrected chi connectivity index (χ4v) is 2.71. The van der Waals surface area contributed by atoms with Crippen molar-refractivity contribution in [3.63, 3.8) is 0 Å². The molecule has 0 atom stereocenters. The molecular formula is C18H15FN4. The average molecular weight is 306 g/mol. The highest BCUT2D eigenvalue weighted by Gasteiger charge is 2.08. The number of rotatable bonds is 3. The fourth-order valence-electron chi connectivity index (χ4n) is 2.71. The molecule has 0 amide bonds. The summed E-state index contributed by atoms with van der Waals surface area (Å²) in [5.74, 6) is -0.230. The van der Waals surface area contributed by atoms with E-state index in [4.69, 9.17) is 0 Å². The van der Waals surface area contributed by atoms with E-state index < -0.39 is 0 Å². The number of fused-ring (bicyclic) bond motifs is 1. The maximum atomic E-state index is 13.1. The quantitative estimate of drug-likeness (QED) is 0.572. The summed E-state index contributed by atoms with van der Waals surface area (Å²) in [5, 5.41) is 9.39. The van der Waals surface area contributed by atoms with Crippen molar-refractivity contribution in [2.45, 2.75) is 13.5 Å². The van der Waals surface area contributed by atoms with Crippen LogP contribution in [-0.2, 0) is 6.54 Å². The molecule has 0 radical (unpaired) electrons. The molecule has 4 rings (SSSR count). The Labute approximate surface area is 132 Å². The monoisotopic (exact) mass is 306 g/mol. The van der Waals surface area contributed by atoms with Crippen LogP contribution in [0.3, 0.4) is 0 Å². The first-order chi connectivity index (χ1) is 11.2. The lowest BCUT2D eigenvalue weighted by molar-refractivity contribution is 0.627. The van der Waals surface area contributed by atoms with Gasteiger partial charge < -0.3 is 4.57 Å². The highest BCUT2D eigenvalue weighted by Crippen LogP contribution is 2.26. The van der Waals surface area contributed by atoms with E-state index in [-0.39, 0.29) is 5.82 Å². The maximum Gasteiger partial charge on any atom is 0.123 e. The van der Waals surface area contributed by atoms with E-state index in [1.54, 1.807) is 12.1 Å². The second-order valence-electron chi connectivity index (χ2n) is 5.40. The van der Waals surface area contributed by atoms with E-state index in [0.29, 0.717) is 0 Å². The van der Waals surface area contributed by atoms with E-state index >= 15 is 0 Å². The second-order valence-corrected chi connectivity index (χ2v) is 5.40. The van der Waals surface area contributed by atoms with Crippen molar-refractivity contribution in [1.29, 1.82) is 0 Å². The van der Waals surface area contributed by atoms with Crippen LogP contribution in [0.1, 0.15) is 6.92 Å². The molecule has 0 N–H and O–H groups in total. The van der Waals surface area contributed by atoms with Crippen molar-refractivity contribution in [3.8, 4) is 16.9 Å². The summed E-state index contributed by atoms with van der Waals surface area (Å²) in [6.07, 6.45) is 3.93. The number of benzene rings is 2. The van der Waals surface area contributed by atoms with Gasteiger partial charge in [-0.15, -0.1) is 5.10 Å². The van der Waals surface area contributed by atoms with Gasteiger partial charge in [-0.1, -0.05) is 11.3 Å². The molecule has 23 heavy (non-hydrogen) atoms. The first-order valence-electron chi connectivity index (χ1n) is 7.52. The number of hydrogen-bond donors (Lipinski definition) is 0. The first-order valence-corrected chi connectivity index (χ1v) is 7.52. The van der Waals surface area contributed by atoms with Gasteiger partial charge in [-0.2, -0.15) is 0 Å². The van der Waals surface area contributed by atoms with Gasteiger partial charge in [-0.3, -0.25) is 4.68 Å². The van der Waals surface area contributed by atoms with Crippen LogP contribution in [0.4, 0.5) is 4.39 Å². The third kappa shape index (κ3) is 2.40. The van der Waals surface area contributed by atoms with Crippen molar-refractivity contribution < 1.29 is 4.39 Å². The van der Waals surface area contributed by atoms with Gasteiger partial charge in [0.15, 0.2) is 0 Å². The Bertz CT molecular complexity index is 966. The second kappa shape index (κ2) is 5.35. The summed E-state index contributed by atoms with van der Waals surface area (Å²) in [4.78, 5) is 0. The summed E-state index contributed by atoms with van der Waals surface area (Å²) in [6.45, 7) is 2.83. The van der Waals surface area contributed by atoms with Crippen LogP contribution in [0.15, 0.2) is 60.9 Å². The third-order valence-electron chi connectivity index (χ3n) is 3.95. The highest BCUT2D eigenvalue weighted by atomic mass is 19.1. The van der Waals surface area contributed by atoms with Gasteiger partial charge >= 0.3 is 0 Å². The third-order valence-corrected chi connectivity index (χ3v) is 3.95. The van der Waals surface area contributed by atoms with Gasteiger partial charge in [-0.05, 0) is 49.4 Å². The van der Waals surface area contributed by atoms with Crippen LogP contribution in [-0.4, -0.2) is 19.6 Å². The van der Waals surface area contributed by atoms with Crippen LogP contribution in [0, 0.1) is 5.82 Å². The molecule has 0 saturated heterocycles. The minimum Gasteiger partial charge on any atom is -0.317 e. The van der Waals surface area contributed by atoms with Crippen LogP contribution in [0.25, 0.3) is 27.8 Å². The summed E-state index contributed by atoms with van der Waals surface area (Å²) < 4.78 is 16.9. The molecule has 0 saturated carbocycles. The Hall–Kier alpha value is -2.95. The minimum absolute atomic E-state index is 0.230. The van der Waals surface area contributed by atoms with Crippen molar-refractivity contribution in [2.24, 2.45) is 0 Å². The molecule has 0 aliphatic heterocycles. The van der Waals surface area contributed by atoms with Gasteiger partial charge in [0.05, 0.1) is 11.7 Å². The lowest BCUT2D eigenvalue weighted by Crippen LogP contribution is -1.93. The van der Waals surface area contributed by atoms with Crippen LogP contribution < -0.4 is 0 Å². The fraction of sp³-hybridized carbons (Fsp3) is 0.111. The van der Waals surface area contributed by atoms with Crippen LogP contribution in [0.2, 0.25) is 0 Å². The molecular weight excluding hydrogens is 291 g/mol. The number of nitrogens with zero attached hydrogens (tertiary/aromatic N) is 4. The molecule has 2 heterocycles. The molecule has 0 fully saturated rings. The molecule has 0 aliphatic rings. The van der Waals surface area contributed by atoms with Crippen molar-refractivity contribution >= 4 is 10.9 Å². The largest absolute Gasteiger partial charge is 0.317 e. The normalized spacial score (nSPS) is 11.2. The molecule has 0 spiro atoms. The summed E-state index contributed by atoms with van der Waals surface area (Å²) >= 11 is 0. The number of hydrogen-bond acceptors (Lipinski definition) is 2. The highest BCUT2D eigenvalue weighted by molar-refractivity contribution is 5.86. The Kier molecular flexibility index (Phi) is 3.19. The predicted octanol–water partition coefficient (Wildman–Crippen LogP) is 4.05. The van der Waals surface area contributed by atoms with Crippen molar-refractivity contribution in [3.05, 3.63) is 66.7 Å². The zero-order valence-corrected chi connectivity index (χ0v) is 12.6. The number of halogens is 1. The topological polar surface area (TPSA) is 35.6 Å². The average Bonchev–Trinajstić information content (AvgIpc) is 3.22. The van der Waals surface area contributed by atoms with E-state index in [9.17, 15) is 4.39 Å². The van der Waals surface area contributed by atoms with E-state index in [1.807, 2.05) is 40.7 Å². The Morgan fingerprint density at radius 2 is 1.87 bits per heavy atom. The van der Waals surface area contributed by atoms with E-state index in [2.05, 4.69) is 22.4 Å². The predicted molar refractivity (Wildman–Crippen MR) is 87.9 cm³/mol. The maximum absolute atomic E-state index is 13.1. The van der Waals surface area contributed by atoms with Crippen LogP contribution in [0.5, 0.6) is 0 Å². The summed E-state index contributed by atoms with van der Waals surface area (Å²) in [6, 6.07) is 14.7.